The van der Waals surface area contributed by atoms with Gasteiger partial charge in [-0.25, -0.2) is 19.0 Å². The van der Waals surface area contributed by atoms with E-state index in [1.54, 1.807) is 41.5 Å². The fourth-order valence-corrected chi connectivity index (χ4v) is 3.98. The lowest BCUT2D eigenvalue weighted by molar-refractivity contribution is 0.0513. The van der Waals surface area contributed by atoms with Gasteiger partial charge in [0.25, 0.3) is 0 Å². The van der Waals surface area contributed by atoms with Crippen molar-refractivity contribution in [3.8, 4) is 17.0 Å². The fourth-order valence-electron chi connectivity index (χ4n) is 3.78. The second-order valence-corrected chi connectivity index (χ2v) is 11.3. The van der Waals surface area contributed by atoms with Gasteiger partial charge in [-0.15, -0.1) is 0 Å². The molecule has 0 unspecified atom stereocenters. The quantitative estimate of drug-likeness (QED) is 0.153. The molecule has 0 spiro atoms. The SMILES string of the molecule is CC(C)(C)N(C(=O)O)c1ccnc(Cl)c1C=O.COCOc1cccc(F)c1-c1nccc(NC(=O)OC(C)(C)C)c1C=O. The molecule has 0 radical (unpaired) electrons. The third kappa shape index (κ3) is 9.44. The second-order valence-electron chi connectivity index (χ2n) is 11.0. The highest BCUT2D eigenvalue weighted by atomic mass is 35.5. The molecule has 0 saturated heterocycles. The first-order valence-electron chi connectivity index (χ1n) is 13.0. The third-order valence-electron chi connectivity index (χ3n) is 5.43. The summed E-state index contributed by atoms with van der Waals surface area (Å²) in [6.07, 6.45) is 1.82. The van der Waals surface area contributed by atoms with Gasteiger partial charge in [0.15, 0.2) is 19.4 Å². The first-order valence-corrected chi connectivity index (χ1v) is 13.4. The molecule has 0 bridgehead atoms. The number of hydrogen-bond acceptors (Lipinski definition) is 9. The van der Waals surface area contributed by atoms with Crippen molar-refractivity contribution in [1.29, 1.82) is 0 Å². The van der Waals surface area contributed by atoms with E-state index >= 15 is 0 Å². The van der Waals surface area contributed by atoms with Gasteiger partial charge in [0.2, 0.25) is 0 Å². The smallest absolute Gasteiger partial charge is 0.412 e. The number of amides is 2. The Balaban J connectivity index is 0.000000342. The van der Waals surface area contributed by atoms with E-state index in [2.05, 4.69) is 15.3 Å². The number of carbonyl (C=O) groups is 4. The van der Waals surface area contributed by atoms with Gasteiger partial charge in [-0.1, -0.05) is 17.7 Å². The van der Waals surface area contributed by atoms with Crippen LogP contribution in [0.15, 0.2) is 42.7 Å². The Morgan fingerprint density at radius 3 is 2.20 bits per heavy atom. The molecule has 0 saturated carbocycles. The van der Waals surface area contributed by atoms with Crippen molar-refractivity contribution in [2.45, 2.75) is 52.7 Å². The van der Waals surface area contributed by atoms with Crippen LogP contribution in [-0.2, 0) is 9.47 Å². The monoisotopic (exact) mass is 632 g/mol. The van der Waals surface area contributed by atoms with Gasteiger partial charge >= 0.3 is 12.2 Å². The Hall–Kier alpha value is -4.62. The molecule has 1 aromatic carbocycles. The number of methoxy groups -OCH3 is 1. The molecule has 0 fully saturated rings. The molecule has 236 valence electrons. The van der Waals surface area contributed by atoms with E-state index in [1.807, 2.05) is 0 Å². The number of benzene rings is 1. The van der Waals surface area contributed by atoms with Crippen LogP contribution in [0.25, 0.3) is 11.3 Å². The predicted molar refractivity (Wildman–Crippen MR) is 162 cm³/mol. The van der Waals surface area contributed by atoms with E-state index in [1.165, 1.54) is 49.8 Å². The van der Waals surface area contributed by atoms with Crippen molar-refractivity contribution >= 4 is 47.7 Å². The zero-order valence-electron chi connectivity index (χ0n) is 25.3. The van der Waals surface area contributed by atoms with Gasteiger partial charge in [-0.2, -0.15) is 0 Å². The van der Waals surface area contributed by atoms with Gasteiger partial charge in [0.05, 0.1) is 33.8 Å². The van der Waals surface area contributed by atoms with Gasteiger partial charge in [0.1, 0.15) is 22.3 Å². The number of pyridine rings is 2. The summed E-state index contributed by atoms with van der Waals surface area (Å²) in [5.41, 5.74) is -0.929. The highest BCUT2D eigenvalue weighted by Gasteiger charge is 2.30. The molecule has 0 aliphatic carbocycles. The summed E-state index contributed by atoms with van der Waals surface area (Å²) in [4.78, 5) is 54.9. The molecule has 3 aromatic rings. The summed E-state index contributed by atoms with van der Waals surface area (Å²) < 4.78 is 29.9. The summed E-state index contributed by atoms with van der Waals surface area (Å²) in [5, 5.41) is 11.7. The molecular formula is C30H34ClFN4O8. The van der Waals surface area contributed by atoms with Crippen molar-refractivity contribution in [2.24, 2.45) is 0 Å². The minimum absolute atomic E-state index is 0.00396. The number of rotatable bonds is 8. The molecule has 44 heavy (non-hydrogen) atoms. The van der Waals surface area contributed by atoms with E-state index in [-0.39, 0.29) is 51.5 Å². The highest BCUT2D eigenvalue weighted by molar-refractivity contribution is 6.32. The molecule has 0 aliphatic rings. The number of nitrogens with one attached hydrogen (secondary N) is 1. The second kappa shape index (κ2) is 15.2. The Morgan fingerprint density at radius 2 is 1.66 bits per heavy atom. The number of nitrogens with zero attached hydrogens (tertiary/aromatic N) is 3. The summed E-state index contributed by atoms with van der Waals surface area (Å²) in [6, 6.07) is 7.09. The first kappa shape index (κ1) is 35.6. The maximum absolute atomic E-state index is 14.5. The van der Waals surface area contributed by atoms with E-state index in [0.29, 0.717) is 12.6 Å². The van der Waals surface area contributed by atoms with E-state index < -0.39 is 29.1 Å². The van der Waals surface area contributed by atoms with Crippen LogP contribution in [0.2, 0.25) is 5.15 Å². The highest BCUT2D eigenvalue weighted by Crippen LogP contribution is 2.35. The molecule has 2 heterocycles. The largest absolute Gasteiger partial charge is 0.467 e. The van der Waals surface area contributed by atoms with Crippen LogP contribution in [0, 0.1) is 5.82 Å². The number of aromatic nitrogens is 2. The van der Waals surface area contributed by atoms with Crippen molar-refractivity contribution in [2.75, 3.05) is 24.1 Å². The molecule has 12 nitrogen and oxygen atoms in total. The van der Waals surface area contributed by atoms with Crippen molar-refractivity contribution < 1.29 is 42.9 Å². The summed E-state index contributed by atoms with van der Waals surface area (Å²) >= 11 is 5.77. The van der Waals surface area contributed by atoms with Crippen LogP contribution in [0.5, 0.6) is 5.75 Å². The standard InChI is InChI=1S/C19H21FN2O5.C11H13ClN2O3/c1-19(2,3)27-18(24)22-14-8-9-21-17(12(14)10-23)16-13(20)6-5-7-15(16)26-11-25-4;1-11(2,3)14(10(16)17)8-4-5-13-9(12)7(8)6-15/h5-10H,11H2,1-4H3,(H,21,22,24);4-6H,1-3H3,(H,16,17). The van der Waals surface area contributed by atoms with Crippen LogP contribution in [0.4, 0.5) is 25.4 Å². The Labute approximate surface area is 259 Å². The first-order chi connectivity index (χ1) is 20.5. The van der Waals surface area contributed by atoms with Gasteiger partial charge < -0.3 is 19.3 Å². The van der Waals surface area contributed by atoms with E-state index in [0.717, 1.165) is 4.90 Å². The predicted octanol–water partition coefficient (Wildman–Crippen LogP) is 6.86. The Bertz CT molecular complexity index is 1510. The maximum Gasteiger partial charge on any atom is 0.412 e. The lowest BCUT2D eigenvalue weighted by Gasteiger charge is -2.33. The minimum Gasteiger partial charge on any atom is -0.467 e. The zero-order valence-corrected chi connectivity index (χ0v) is 26.1. The van der Waals surface area contributed by atoms with Crippen LogP contribution in [-0.4, -0.2) is 64.9 Å². The number of hydrogen-bond donors (Lipinski definition) is 2. The van der Waals surface area contributed by atoms with Crippen LogP contribution in [0.1, 0.15) is 62.3 Å². The number of carbonyl (C=O) groups excluding carboxylic acids is 3. The lowest BCUT2D eigenvalue weighted by atomic mass is 10.0. The van der Waals surface area contributed by atoms with Crippen LogP contribution < -0.4 is 15.0 Å². The average Bonchev–Trinajstić information content (AvgIpc) is 2.90. The van der Waals surface area contributed by atoms with Gasteiger partial charge in [-0.3, -0.25) is 24.8 Å². The minimum atomic E-state index is -1.15. The fraction of sp³-hybridized carbons (Fsp3) is 0.333. The van der Waals surface area contributed by atoms with Crippen molar-refractivity contribution in [1.82, 2.24) is 9.97 Å². The number of carboxylic acid groups (broad SMARTS) is 1. The Morgan fingerprint density at radius 1 is 1.02 bits per heavy atom. The third-order valence-corrected chi connectivity index (χ3v) is 5.73. The lowest BCUT2D eigenvalue weighted by Crippen LogP contribution is -2.45. The molecule has 14 heteroatoms. The van der Waals surface area contributed by atoms with Crippen molar-refractivity contribution in [3.05, 3.63) is 64.8 Å². The molecule has 3 rings (SSSR count). The van der Waals surface area contributed by atoms with E-state index in [4.69, 9.17) is 25.8 Å². The van der Waals surface area contributed by atoms with Gasteiger partial charge in [-0.05, 0) is 65.8 Å². The van der Waals surface area contributed by atoms with Gasteiger partial charge in [0, 0.05) is 25.0 Å². The number of aldehydes is 2. The summed E-state index contributed by atoms with van der Waals surface area (Å²) in [7, 11) is 1.43. The Kier molecular flexibility index (Phi) is 12.3. The maximum atomic E-state index is 14.5. The molecule has 2 amide bonds. The molecule has 0 aliphatic heterocycles. The molecule has 0 atom stereocenters. The normalized spacial score (nSPS) is 11.0. The summed E-state index contributed by atoms with van der Waals surface area (Å²) in [5.74, 6) is -0.476. The molecule has 2 N–H and O–H groups in total. The van der Waals surface area contributed by atoms with E-state index in [9.17, 15) is 28.7 Å². The zero-order chi connectivity index (χ0) is 33.2. The van der Waals surface area contributed by atoms with Crippen molar-refractivity contribution in [3.63, 3.8) is 0 Å². The summed E-state index contributed by atoms with van der Waals surface area (Å²) in [6.45, 7) is 10.2. The average molecular weight is 633 g/mol. The van der Waals surface area contributed by atoms with Crippen LogP contribution >= 0.6 is 11.6 Å². The number of anilines is 2. The van der Waals surface area contributed by atoms with Crippen LogP contribution in [0.3, 0.4) is 0 Å². The number of halogens is 2. The molecule has 2 aromatic heterocycles. The topological polar surface area (TPSA) is 157 Å². The molecular weight excluding hydrogens is 599 g/mol. The number of ether oxygens (including phenoxy) is 3.